The van der Waals surface area contributed by atoms with E-state index < -0.39 is 0 Å². The van der Waals surface area contributed by atoms with Gasteiger partial charge in [-0.25, -0.2) is 0 Å². The predicted molar refractivity (Wildman–Crippen MR) is 69.4 cm³/mol. The van der Waals surface area contributed by atoms with Crippen molar-refractivity contribution < 1.29 is 5.11 Å². The van der Waals surface area contributed by atoms with Gasteiger partial charge in [0.15, 0.2) is 0 Å². The Morgan fingerprint density at radius 3 is 2.31 bits per heavy atom. The lowest BCUT2D eigenvalue weighted by Crippen LogP contribution is -2.35. The van der Waals surface area contributed by atoms with Crippen LogP contribution >= 0.6 is 15.9 Å². The molecule has 0 radical (unpaired) electrons. The van der Waals surface area contributed by atoms with E-state index in [1.165, 1.54) is 24.8 Å². The third-order valence-electron chi connectivity index (χ3n) is 3.26. The number of nitrogens with zero attached hydrogens (tertiary/aromatic N) is 1. The highest BCUT2D eigenvalue weighted by Crippen LogP contribution is 2.25. The van der Waals surface area contributed by atoms with Gasteiger partial charge < -0.3 is 5.11 Å². The van der Waals surface area contributed by atoms with Crippen molar-refractivity contribution >= 4 is 15.9 Å². The molecule has 1 fully saturated rings. The first-order valence-electron chi connectivity index (χ1n) is 5.91. The van der Waals surface area contributed by atoms with Crippen molar-refractivity contribution in [3.63, 3.8) is 0 Å². The quantitative estimate of drug-likeness (QED) is 0.922. The summed E-state index contributed by atoms with van der Waals surface area (Å²) in [7, 11) is 0. The summed E-state index contributed by atoms with van der Waals surface area (Å²) in [5.74, 6) is 0. The lowest BCUT2D eigenvalue weighted by Gasteiger charge is -2.33. The Morgan fingerprint density at radius 1 is 1.12 bits per heavy atom. The number of aliphatic hydroxyl groups is 1. The SMILES string of the molecule is OCC(c1ccc(Br)cc1)N1CCCCC1. The monoisotopic (exact) mass is 283 g/mol. The maximum Gasteiger partial charge on any atom is 0.0628 e. The van der Waals surface area contributed by atoms with Gasteiger partial charge in [-0.05, 0) is 43.6 Å². The number of aliphatic hydroxyl groups excluding tert-OH is 1. The highest BCUT2D eigenvalue weighted by atomic mass is 79.9. The number of hydrogen-bond donors (Lipinski definition) is 1. The predicted octanol–water partition coefficient (Wildman–Crippen LogP) is 2.97. The lowest BCUT2D eigenvalue weighted by molar-refractivity contribution is 0.104. The molecule has 16 heavy (non-hydrogen) atoms. The zero-order chi connectivity index (χ0) is 11.4. The molecule has 1 aliphatic heterocycles. The van der Waals surface area contributed by atoms with Crippen LogP contribution in [0, 0.1) is 0 Å². The maximum atomic E-state index is 9.55. The molecule has 0 bridgehead atoms. The smallest absolute Gasteiger partial charge is 0.0628 e. The number of rotatable bonds is 3. The van der Waals surface area contributed by atoms with Crippen molar-refractivity contribution in [3.8, 4) is 0 Å². The molecule has 1 aromatic carbocycles. The number of piperidine rings is 1. The molecule has 0 amide bonds. The molecule has 0 spiro atoms. The molecule has 1 aliphatic rings. The zero-order valence-electron chi connectivity index (χ0n) is 9.40. The molecule has 0 aliphatic carbocycles. The molecule has 1 aromatic rings. The van der Waals surface area contributed by atoms with Crippen molar-refractivity contribution in [2.75, 3.05) is 19.7 Å². The summed E-state index contributed by atoms with van der Waals surface area (Å²) in [5.41, 5.74) is 1.22. The van der Waals surface area contributed by atoms with Gasteiger partial charge in [0.1, 0.15) is 0 Å². The van der Waals surface area contributed by atoms with E-state index in [1.54, 1.807) is 0 Å². The molecule has 1 heterocycles. The van der Waals surface area contributed by atoms with Crippen molar-refractivity contribution in [2.45, 2.75) is 25.3 Å². The molecular weight excluding hydrogens is 266 g/mol. The van der Waals surface area contributed by atoms with Gasteiger partial charge in [-0.1, -0.05) is 34.5 Å². The minimum Gasteiger partial charge on any atom is -0.394 e. The van der Waals surface area contributed by atoms with Crippen LogP contribution in [0.4, 0.5) is 0 Å². The van der Waals surface area contributed by atoms with Gasteiger partial charge in [-0.2, -0.15) is 0 Å². The van der Waals surface area contributed by atoms with Gasteiger partial charge in [0.25, 0.3) is 0 Å². The second kappa shape index (κ2) is 5.80. The summed E-state index contributed by atoms with van der Waals surface area (Å²) in [5, 5.41) is 9.55. The van der Waals surface area contributed by atoms with E-state index in [-0.39, 0.29) is 12.6 Å². The molecule has 88 valence electrons. The van der Waals surface area contributed by atoms with Crippen LogP contribution in [0.1, 0.15) is 30.9 Å². The molecular formula is C13H18BrNO. The van der Waals surface area contributed by atoms with Crippen molar-refractivity contribution in [1.82, 2.24) is 4.90 Å². The minimum atomic E-state index is 0.174. The molecule has 1 atom stereocenters. The number of hydrogen-bond acceptors (Lipinski definition) is 2. The molecule has 2 rings (SSSR count). The Hall–Kier alpha value is -0.380. The number of likely N-dealkylation sites (tertiary alicyclic amines) is 1. The molecule has 0 aromatic heterocycles. The van der Waals surface area contributed by atoms with E-state index in [1.807, 2.05) is 12.1 Å². The second-order valence-corrected chi connectivity index (χ2v) is 5.26. The van der Waals surface area contributed by atoms with Crippen LogP contribution in [0.15, 0.2) is 28.7 Å². The lowest BCUT2D eigenvalue weighted by atomic mass is 10.0. The van der Waals surface area contributed by atoms with E-state index in [9.17, 15) is 5.11 Å². The van der Waals surface area contributed by atoms with Crippen LogP contribution in [0.3, 0.4) is 0 Å². The van der Waals surface area contributed by atoms with E-state index in [0.29, 0.717) is 0 Å². The third-order valence-corrected chi connectivity index (χ3v) is 3.79. The first kappa shape index (κ1) is 12.1. The van der Waals surface area contributed by atoms with Gasteiger partial charge in [-0.15, -0.1) is 0 Å². The molecule has 3 heteroatoms. The number of halogens is 1. The number of benzene rings is 1. The van der Waals surface area contributed by atoms with Crippen LogP contribution < -0.4 is 0 Å². The standard InChI is InChI=1S/C13H18BrNO/c14-12-6-4-11(5-7-12)13(10-16)15-8-2-1-3-9-15/h4-7,13,16H,1-3,8-10H2. The summed E-state index contributed by atoms with van der Waals surface area (Å²) in [6.45, 7) is 2.43. The Balaban J connectivity index is 2.11. The first-order chi connectivity index (χ1) is 7.81. The summed E-state index contributed by atoms with van der Waals surface area (Å²) in [6.07, 6.45) is 3.84. The Morgan fingerprint density at radius 2 is 1.75 bits per heavy atom. The van der Waals surface area contributed by atoms with E-state index in [2.05, 4.69) is 33.0 Å². The van der Waals surface area contributed by atoms with Gasteiger partial charge in [0, 0.05) is 4.47 Å². The van der Waals surface area contributed by atoms with Crippen LogP contribution in [0.5, 0.6) is 0 Å². The highest BCUT2D eigenvalue weighted by Gasteiger charge is 2.21. The highest BCUT2D eigenvalue weighted by molar-refractivity contribution is 9.10. The van der Waals surface area contributed by atoms with Crippen LogP contribution in [0.2, 0.25) is 0 Å². The fourth-order valence-corrected chi connectivity index (χ4v) is 2.61. The van der Waals surface area contributed by atoms with E-state index in [0.717, 1.165) is 17.6 Å². The van der Waals surface area contributed by atoms with Gasteiger partial charge in [0.05, 0.1) is 12.6 Å². The Bertz CT molecular complexity index is 319. The minimum absolute atomic E-state index is 0.174. The Kier molecular flexibility index (Phi) is 4.38. The van der Waals surface area contributed by atoms with Crippen molar-refractivity contribution in [3.05, 3.63) is 34.3 Å². The fourth-order valence-electron chi connectivity index (χ4n) is 2.35. The molecule has 2 nitrogen and oxygen atoms in total. The van der Waals surface area contributed by atoms with Gasteiger partial charge in [-0.3, -0.25) is 4.90 Å². The summed E-state index contributed by atoms with van der Waals surface area (Å²) in [4.78, 5) is 2.40. The fraction of sp³-hybridized carbons (Fsp3) is 0.538. The van der Waals surface area contributed by atoms with E-state index >= 15 is 0 Å². The largest absolute Gasteiger partial charge is 0.394 e. The topological polar surface area (TPSA) is 23.5 Å². The summed E-state index contributed by atoms with van der Waals surface area (Å²) < 4.78 is 1.09. The van der Waals surface area contributed by atoms with Crippen LogP contribution in [-0.4, -0.2) is 29.7 Å². The molecule has 0 saturated carbocycles. The summed E-state index contributed by atoms with van der Waals surface area (Å²) >= 11 is 3.44. The molecule has 1 saturated heterocycles. The van der Waals surface area contributed by atoms with Gasteiger partial charge in [0.2, 0.25) is 0 Å². The average molecular weight is 284 g/mol. The third kappa shape index (κ3) is 2.84. The molecule has 1 unspecified atom stereocenters. The summed E-state index contributed by atoms with van der Waals surface area (Å²) in [6, 6.07) is 8.46. The maximum absolute atomic E-state index is 9.55. The average Bonchev–Trinajstić information content (AvgIpc) is 2.34. The molecule has 1 N–H and O–H groups in total. The van der Waals surface area contributed by atoms with Crippen LogP contribution in [0.25, 0.3) is 0 Å². The normalized spacial score (nSPS) is 19.6. The van der Waals surface area contributed by atoms with Gasteiger partial charge >= 0.3 is 0 Å². The Labute approximate surface area is 105 Å². The van der Waals surface area contributed by atoms with E-state index in [4.69, 9.17) is 0 Å². The first-order valence-corrected chi connectivity index (χ1v) is 6.71. The zero-order valence-corrected chi connectivity index (χ0v) is 11.0. The van der Waals surface area contributed by atoms with Crippen molar-refractivity contribution in [2.24, 2.45) is 0 Å². The van der Waals surface area contributed by atoms with Crippen molar-refractivity contribution in [1.29, 1.82) is 0 Å². The van der Waals surface area contributed by atoms with Crippen LogP contribution in [-0.2, 0) is 0 Å². The second-order valence-electron chi connectivity index (χ2n) is 4.35.